The fourth-order valence-corrected chi connectivity index (χ4v) is 1.30. The van der Waals surface area contributed by atoms with Gasteiger partial charge in [-0.05, 0) is 30.2 Å². The second kappa shape index (κ2) is 7.13. The van der Waals surface area contributed by atoms with Crippen molar-refractivity contribution in [2.24, 2.45) is 0 Å². The van der Waals surface area contributed by atoms with E-state index in [1.54, 1.807) is 12.1 Å². The van der Waals surface area contributed by atoms with Gasteiger partial charge in [-0.1, -0.05) is 12.1 Å². The number of nitrogens with two attached hydrogens (primary N) is 1. The second-order valence-corrected chi connectivity index (χ2v) is 3.60. The first kappa shape index (κ1) is 12.9. The molecule has 0 aliphatic carbocycles. The Bertz CT molecular complexity index is 444. The van der Waals surface area contributed by atoms with Crippen molar-refractivity contribution in [3.8, 4) is 12.3 Å². The summed E-state index contributed by atoms with van der Waals surface area (Å²) >= 11 is 0. The minimum Gasteiger partial charge on any atom is -0.399 e. The molecule has 0 aliphatic heterocycles. The highest BCUT2D eigenvalue weighted by molar-refractivity contribution is 5.91. The highest BCUT2D eigenvalue weighted by Crippen LogP contribution is 2.07. The number of terminal acetylenes is 1. The molecule has 3 heteroatoms. The molecule has 0 spiro atoms. The van der Waals surface area contributed by atoms with Gasteiger partial charge in [0, 0.05) is 24.7 Å². The Morgan fingerprint density at radius 2 is 2.35 bits per heavy atom. The van der Waals surface area contributed by atoms with E-state index >= 15 is 0 Å². The molecule has 0 saturated carbocycles. The van der Waals surface area contributed by atoms with Gasteiger partial charge in [0.15, 0.2) is 0 Å². The van der Waals surface area contributed by atoms with Crippen LogP contribution in [0.2, 0.25) is 0 Å². The first-order valence-electron chi connectivity index (χ1n) is 5.47. The van der Waals surface area contributed by atoms with E-state index in [0.29, 0.717) is 18.7 Å². The molecule has 17 heavy (non-hydrogen) atoms. The minimum atomic E-state index is -0.121. The van der Waals surface area contributed by atoms with E-state index in [9.17, 15) is 4.79 Å². The fraction of sp³-hybridized carbons (Fsp3) is 0.214. The normalized spacial score (nSPS) is 10.1. The third-order valence-electron chi connectivity index (χ3n) is 2.13. The predicted octanol–water partition coefficient (Wildman–Crippen LogP) is 1.81. The number of carbonyl (C=O) groups excluding carboxylic acids is 1. The van der Waals surface area contributed by atoms with Gasteiger partial charge in [0.2, 0.25) is 5.91 Å². The van der Waals surface area contributed by atoms with E-state index in [1.807, 2.05) is 18.2 Å². The molecule has 88 valence electrons. The van der Waals surface area contributed by atoms with Gasteiger partial charge in [-0.25, -0.2) is 0 Å². The average molecular weight is 228 g/mol. The number of unbranched alkanes of at least 4 members (excludes halogenated alkanes) is 1. The highest BCUT2D eigenvalue weighted by atomic mass is 16.1. The van der Waals surface area contributed by atoms with Crippen LogP contribution in [0.5, 0.6) is 0 Å². The van der Waals surface area contributed by atoms with Crippen molar-refractivity contribution in [2.75, 3.05) is 12.3 Å². The zero-order chi connectivity index (χ0) is 12.5. The third kappa shape index (κ3) is 5.43. The molecule has 0 saturated heterocycles. The molecule has 0 aromatic heterocycles. The summed E-state index contributed by atoms with van der Waals surface area (Å²) in [6.45, 7) is 0.601. The first-order chi connectivity index (χ1) is 8.22. The monoisotopic (exact) mass is 228 g/mol. The van der Waals surface area contributed by atoms with Gasteiger partial charge >= 0.3 is 0 Å². The van der Waals surface area contributed by atoms with Gasteiger partial charge in [-0.3, -0.25) is 4.79 Å². The number of hydrogen-bond acceptors (Lipinski definition) is 2. The molecule has 0 unspecified atom stereocenters. The van der Waals surface area contributed by atoms with Crippen LogP contribution >= 0.6 is 0 Å². The molecule has 3 N–H and O–H groups in total. The Balaban J connectivity index is 2.38. The molecule has 0 heterocycles. The Kier molecular flexibility index (Phi) is 5.39. The number of hydrogen-bond donors (Lipinski definition) is 2. The maximum atomic E-state index is 11.4. The van der Waals surface area contributed by atoms with Crippen LogP contribution in [0.1, 0.15) is 18.4 Å². The van der Waals surface area contributed by atoms with Crippen molar-refractivity contribution in [1.82, 2.24) is 5.32 Å². The third-order valence-corrected chi connectivity index (χ3v) is 2.13. The molecule has 3 nitrogen and oxygen atoms in total. The Morgan fingerprint density at radius 1 is 1.53 bits per heavy atom. The summed E-state index contributed by atoms with van der Waals surface area (Å²) in [5.41, 5.74) is 7.21. The van der Waals surface area contributed by atoms with Crippen LogP contribution in [0.15, 0.2) is 30.3 Å². The molecule has 0 aliphatic rings. The standard InChI is InChI=1S/C14H16N2O/c1-2-3-4-10-16-14(17)9-8-12-6-5-7-13(15)11-12/h1,5-9,11H,3-4,10,15H2,(H,16,17)/b9-8+. The lowest BCUT2D eigenvalue weighted by molar-refractivity contribution is -0.116. The van der Waals surface area contributed by atoms with Crippen LogP contribution in [0.3, 0.4) is 0 Å². The SMILES string of the molecule is C#CCCCNC(=O)/C=C/c1cccc(N)c1. The minimum absolute atomic E-state index is 0.121. The van der Waals surface area contributed by atoms with Crippen LogP contribution in [0, 0.1) is 12.3 Å². The molecule has 0 fully saturated rings. The van der Waals surface area contributed by atoms with Crippen molar-refractivity contribution in [3.63, 3.8) is 0 Å². The van der Waals surface area contributed by atoms with Crippen LogP contribution in [0.4, 0.5) is 5.69 Å². The number of benzene rings is 1. The van der Waals surface area contributed by atoms with E-state index in [-0.39, 0.29) is 5.91 Å². The predicted molar refractivity (Wildman–Crippen MR) is 71.0 cm³/mol. The number of anilines is 1. The van der Waals surface area contributed by atoms with Crippen molar-refractivity contribution in [2.45, 2.75) is 12.8 Å². The summed E-state index contributed by atoms with van der Waals surface area (Å²) in [5, 5.41) is 2.75. The summed E-state index contributed by atoms with van der Waals surface area (Å²) < 4.78 is 0. The van der Waals surface area contributed by atoms with Crippen LogP contribution in [-0.2, 0) is 4.79 Å². The van der Waals surface area contributed by atoms with Gasteiger partial charge in [0.1, 0.15) is 0 Å². The van der Waals surface area contributed by atoms with Crippen molar-refractivity contribution >= 4 is 17.7 Å². The quantitative estimate of drug-likeness (QED) is 0.349. The zero-order valence-corrected chi connectivity index (χ0v) is 9.65. The maximum Gasteiger partial charge on any atom is 0.243 e. The van der Waals surface area contributed by atoms with Crippen LogP contribution < -0.4 is 11.1 Å². The van der Waals surface area contributed by atoms with Crippen LogP contribution in [0.25, 0.3) is 6.08 Å². The zero-order valence-electron chi connectivity index (χ0n) is 9.65. The number of nitrogen functional groups attached to an aromatic ring is 1. The van der Waals surface area contributed by atoms with Crippen molar-refractivity contribution < 1.29 is 4.79 Å². The number of rotatable bonds is 5. The smallest absolute Gasteiger partial charge is 0.243 e. The van der Waals surface area contributed by atoms with Gasteiger partial charge in [0.05, 0.1) is 0 Å². The fourth-order valence-electron chi connectivity index (χ4n) is 1.30. The Morgan fingerprint density at radius 3 is 3.06 bits per heavy atom. The molecule has 0 atom stereocenters. The topological polar surface area (TPSA) is 55.1 Å². The van der Waals surface area contributed by atoms with Crippen LogP contribution in [-0.4, -0.2) is 12.5 Å². The lowest BCUT2D eigenvalue weighted by Crippen LogP contribution is -2.21. The number of carbonyl (C=O) groups is 1. The van der Waals surface area contributed by atoms with Gasteiger partial charge in [-0.15, -0.1) is 12.3 Å². The molecular weight excluding hydrogens is 212 g/mol. The molecule has 1 aromatic rings. The van der Waals surface area contributed by atoms with Crippen molar-refractivity contribution in [1.29, 1.82) is 0 Å². The van der Waals surface area contributed by atoms with E-state index in [1.165, 1.54) is 6.08 Å². The maximum absolute atomic E-state index is 11.4. The lowest BCUT2D eigenvalue weighted by atomic mass is 10.2. The van der Waals surface area contributed by atoms with Gasteiger partial charge in [-0.2, -0.15) is 0 Å². The molecule has 0 radical (unpaired) electrons. The van der Waals surface area contributed by atoms with E-state index in [4.69, 9.17) is 12.2 Å². The van der Waals surface area contributed by atoms with Crippen molar-refractivity contribution in [3.05, 3.63) is 35.9 Å². The first-order valence-corrected chi connectivity index (χ1v) is 5.47. The molecule has 0 bridgehead atoms. The lowest BCUT2D eigenvalue weighted by Gasteiger charge is -1.99. The number of amides is 1. The summed E-state index contributed by atoms with van der Waals surface area (Å²) in [5.74, 6) is 2.40. The highest BCUT2D eigenvalue weighted by Gasteiger charge is 1.94. The molecular formula is C14H16N2O. The largest absolute Gasteiger partial charge is 0.399 e. The van der Waals surface area contributed by atoms with E-state index in [2.05, 4.69) is 11.2 Å². The summed E-state index contributed by atoms with van der Waals surface area (Å²) in [4.78, 5) is 11.4. The average Bonchev–Trinajstić information content (AvgIpc) is 2.32. The van der Waals surface area contributed by atoms with E-state index in [0.717, 1.165) is 12.0 Å². The van der Waals surface area contributed by atoms with Gasteiger partial charge < -0.3 is 11.1 Å². The Hall–Kier alpha value is -2.21. The summed E-state index contributed by atoms with van der Waals surface area (Å²) in [6.07, 6.45) is 9.81. The van der Waals surface area contributed by atoms with Gasteiger partial charge in [0.25, 0.3) is 0 Å². The molecule has 1 aromatic carbocycles. The molecule has 1 rings (SSSR count). The summed E-state index contributed by atoms with van der Waals surface area (Å²) in [7, 11) is 0. The second-order valence-electron chi connectivity index (χ2n) is 3.60. The Labute approximate surface area is 102 Å². The van der Waals surface area contributed by atoms with E-state index < -0.39 is 0 Å². The summed E-state index contributed by atoms with van der Waals surface area (Å²) in [6, 6.07) is 7.34. The molecule has 1 amide bonds. The number of nitrogens with one attached hydrogen (secondary N) is 1.